The molecule has 0 fully saturated rings. The number of hydrogen-bond acceptors (Lipinski definition) is 5. The number of carbonyl (C=O) groups is 2. The highest BCUT2D eigenvalue weighted by Crippen LogP contribution is 2.16. The number of anilines is 3. The van der Waals surface area contributed by atoms with Gasteiger partial charge in [-0.05, 0) is 67.6 Å². The molecule has 32 heavy (non-hydrogen) atoms. The fraction of sp³-hybridized carbons (Fsp3) is 0.174. The molecule has 2 aromatic carbocycles. The first-order valence-corrected chi connectivity index (χ1v) is 9.76. The molecule has 1 heterocycles. The second-order valence-electron chi connectivity index (χ2n) is 6.86. The highest BCUT2D eigenvalue weighted by molar-refractivity contribution is 5.99. The van der Waals surface area contributed by atoms with Crippen LogP contribution in [0, 0.1) is 6.92 Å². The van der Waals surface area contributed by atoms with Crippen LogP contribution >= 0.6 is 0 Å². The van der Waals surface area contributed by atoms with Crippen molar-refractivity contribution in [2.24, 2.45) is 0 Å². The summed E-state index contributed by atoms with van der Waals surface area (Å²) in [4.78, 5) is 37.6. The Morgan fingerprint density at radius 3 is 1.84 bits per heavy atom. The number of carbonyl (C=O) groups excluding carboxylic acids is 2. The predicted octanol–water partition coefficient (Wildman–Crippen LogP) is 3.46. The second-order valence-corrected chi connectivity index (χ2v) is 6.86. The van der Waals surface area contributed by atoms with Gasteiger partial charge in [-0.25, -0.2) is 4.79 Å². The summed E-state index contributed by atoms with van der Waals surface area (Å²) in [5, 5.41) is 7.91. The van der Waals surface area contributed by atoms with Gasteiger partial charge in [0.1, 0.15) is 23.7 Å². The number of amides is 3. The fourth-order valence-corrected chi connectivity index (χ4v) is 2.94. The van der Waals surface area contributed by atoms with Crippen LogP contribution in [0.25, 0.3) is 0 Å². The Bertz CT molecular complexity index is 1150. The molecule has 0 bridgehead atoms. The van der Waals surface area contributed by atoms with Gasteiger partial charge < -0.3 is 30.0 Å². The van der Waals surface area contributed by atoms with Gasteiger partial charge in [0.25, 0.3) is 5.56 Å². The molecule has 3 amide bonds. The Morgan fingerprint density at radius 2 is 1.31 bits per heavy atom. The van der Waals surface area contributed by atoms with Crippen LogP contribution in [0.1, 0.15) is 5.69 Å². The van der Waals surface area contributed by atoms with Crippen molar-refractivity contribution in [3.8, 4) is 11.5 Å². The van der Waals surface area contributed by atoms with Crippen molar-refractivity contribution in [1.29, 1.82) is 0 Å². The molecule has 166 valence electrons. The number of nitrogens with zero attached hydrogens (tertiary/aromatic N) is 1. The molecule has 0 aliphatic carbocycles. The minimum absolute atomic E-state index is 0.0545. The molecule has 0 aliphatic heterocycles. The monoisotopic (exact) mass is 436 g/mol. The number of ether oxygens (including phenoxy) is 2. The van der Waals surface area contributed by atoms with E-state index in [1.165, 1.54) is 10.6 Å². The molecule has 0 saturated heterocycles. The van der Waals surface area contributed by atoms with E-state index in [4.69, 9.17) is 9.47 Å². The number of urea groups is 1. The van der Waals surface area contributed by atoms with Crippen molar-refractivity contribution in [3.63, 3.8) is 0 Å². The smallest absolute Gasteiger partial charge is 0.323 e. The number of methoxy groups -OCH3 is 2. The second kappa shape index (κ2) is 10.2. The van der Waals surface area contributed by atoms with Crippen LogP contribution < -0.4 is 31.0 Å². The molecule has 0 spiro atoms. The van der Waals surface area contributed by atoms with Crippen LogP contribution in [0.5, 0.6) is 11.5 Å². The maximum atomic E-state index is 12.8. The molecule has 9 heteroatoms. The lowest BCUT2D eigenvalue weighted by Gasteiger charge is -2.13. The van der Waals surface area contributed by atoms with Crippen LogP contribution in [-0.2, 0) is 11.3 Å². The average Bonchev–Trinajstić information content (AvgIpc) is 2.79. The molecule has 0 aliphatic rings. The van der Waals surface area contributed by atoms with E-state index in [1.54, 1.807) is 75.7 Å². The molecule has 0 radical (unpaired) electrons. The minimum atomic E-state index is -0.578. The van der Waals surface area contributed by atoms with Crippen molar-refractivity contribution in [2.75, 3.05) is 30.2 Å². The molecule has 1 aromatic heterocycles. The lowest BCUT2D eigenvalue weighted by Crippen LogP contribution is -2.32. The van der Waals surface area contributed by atoms with Gasteiger partial charge in [-0.1, -0.05) is 0 Å². The van der Waals surface area contributed by atoms with Crippen molar-refractivity contribution < 1.29 is 19.1 Å². The summed E-state index contributed by atoms with van der Waals surface area (Å²) in [5.41, 5.74) is 1.27. The van der Waals surface area contributed by atoms with Crippen molar-refractivity contribution in [1.82, 2.24) is 4.57 Å². The number of aromatic nitrogens is 1. The van der Waals surface area contributed by atoms with E-state index < -0.39 is 11.6 Å². The Balaban J connectivity index is 1.67. The largest absolute Gasteiger partial charge is 0.497 e. The van der Waals surface area contributed by atoms with E-state index in [0.717, 1.165) is 0 Å². The third kappa shape index (κ3) is 5.66. The fourth-order valence-electron chi connectivity index (χ4n) is 2.94. The molecule has 0 unspecified atom stereocenters. The SMILES string of the molecule is COc1ccc(NC(=O)Cn2c(C)ccc(NC(=O)Nc3ccc(OC)cc3)c2=O)cc1. The van der Waals surface area contributed by atoms with Crippen molar-refractivity contribution in [2.45, 2.75) is 13.5 Å². The summed E-state index contributed by atoms with van der Waals surface area (Å²) in [7, 11) is 3.11. The van der Waals surface area contributed by atoms with Crippen LogP contribution in [0.3, 0.4) is 0 Å². The highest BCUT2D eigenvalue weighted by Gasteiger charge is 2.13. The average molecular weight is 436 g/mol. The maximum absolute atomic E-state index is 12.8. The van der Waals surface area contributed by atoms with E-state index in [9.17, 15) is 14.4 Å². The molecule has 3 aromatic rings. The summed E-state index contributed by atoms with van der Waals surface area (Å²) < 4.78 is 11.5. The van der Waals surface area contributed by atoms with Crippen LogP contribution in [-0.4, -0.2) is 30.7 Å². The first-order valence-electron chi connectivity index (χ1n) is 9.76. The van der Waals surface area contributed by atoms with Gasteiger partial charge >= 0.3 is 6.03 Å². The summed E-state index contributed by atoms with van der Waals surface area (Å²) in [5.74, 6) is 0.951. The topological polar surface area (TPSA) is 111 Å². The lowest BCUT2D eigenvalue weighted by atomic mass is 10.3. The molecule has 9 nitrogen and oxygen atoms in total. The normalized spacial score (nSPS) is 10.2. The maximum Gasteiger partial charge on any atom is 0.323 e. The summed E-state index contributed by atoms with van der Waals surface area (Å²) in [6.07, 6.45) is 0. The van der Waals surface area contributed by atoms with E-state index in [1.807, 2.05) is 0 Å². The number of aryl methyl sites for hydroxylation is 1. The van der Waals surface area contributed by atoms with E-state index in [0.29, 0.717) is 28.6 Å². The molecule has 3 rings (SSSR count). The Kier molecular flexibility index (Phi) is 7.12. The van der Waals surface area contributed by atoms with Crippen LogP contribution in [0.4, 0.5) is 21.9 Å². The number of rotatable bonds is 7. The van der Waals surface area contributed by atoms with Gasteiger partial charge in [0, 0.05) is 17.1 Å². The van der Waals surface area contributed by atoms with Gasteiger partial charge in [-0.15, -0.1) is 0 Å². The first kappa shape index (κ1) is 22.4. The number of nitrogens with one attached hydrogen (secondary N) is 3. The molecule has 0 atom stereocenters. The van der Waals surface area contributed by atoms with E-state index in [2.05, 4.69) is 16.0 Å². The van der Waals surface area contributed by atoms with Crippen molar-refractivity contribution in [3.05, 3.63) is 76.7 Å². The molecule has 0 saturated carbocycles. The van der Waals surface area contributed by atoms with Gasteiger partial charge in [0.2, 0.25) is 5.91 Å². The number of benzene rings is 2. The van der Waals surface area contributed by atoms with Gasteiger partial charge in [-0.3, -0.25) is 9.59 Å². The zero-order valence-corrected chi connectivity index (χ0v) is 18.0. The molecular weight excluding hydrogens is 412 g/mol. The zero-order valence-electron chi connectivity index (χ0n) is 18.0. The van der Waals surface area contributed by atoms with Crippen LogP contribution in [0.2, 0.25) is 0 Å². The van der Waals surface area contributed by atoms with E-state index in [-0.39, 0.29) is 18.1 Å². The predicted molar refractivity (Wildman–Crippen MR) is 123 cm³/mol. The first-order chi connectivity index (χ1) is 15.4. The van der Waals surface area contributed by atoms with Crippen molar-refractivity contribution >= 4 is 29.0 Å². The summed E-state index contributed by atoms with van der Waals surface area (Å²) >= 11 is 0. The Labute approximate surface area is 185 Å². The highest BCUT2D eigenvalue weighted by atomic mass is 16.5. The standard InChI is InChI=1S/C23H24N4O5/c1-15-4-13-20(26-23(30)25-17-7-11-19(32-3)12-8-17)22(29)27(15)14-21(28)24-16-5-9-18(31-2)10-6-16/h4-13H,14H2,1-3H3,(H,24,28)(H2,25,26,30). The van der Waals surface area contributed by atoms with Crippen LogP contribution in [0.15, 0.2) is 65.5 Å². The Morgan fingerprint density at radius 1 is 0.781 bits per heavy atom. The summed E-state index contributed by atoms with van der Waals surface area (Å²) in [6.45, 7) is 1.51. The number of hydrogen-bond donors (Lipinski definition) is 3. The van der Waals surface area contributed by atoms with Gasteiger partial charge in [-0.2, -0.15) is 0 Å². The minimum Gasteiger partial charge on any atom is -0.497 e. The van der Waals surface area contributed by atoms with Gasteiger partial charge in [0.15, 0.2) is 0 Å². The third-order valence-electron chi connectivity index (χ3n) is 4.66. The Hall–Kier alpha value is -4.27. The molecule has 3 N–H and O–H groups in total. The van der Waals surface area contributed by atoms with E-state index >= 15 is 0 Å². The quantitative estimate of drug-likeness (QED) is 0.525. The third-order valence-corrected chi connectivity index (χ3v) is 4.66. The molecular formula is C23H24N4O5. The zero-order chi connectivity index (χ0) is 23.1. The van der Waals surface area contributed by atoms with Gasteiger partial charge in [0.05, 0.1) is 14.2 Å². The number of pyridine rings is 1. The lowest BCUT2D eigenvalue weighted by molar-refractivity contribution is -0.116. The summed E-state index contributed by atoms with van der Waals surface area (Å²) in [6, 6.07) is 16.2.